The number of hydrogen-bond acceptors (Lipinski definition) is 1. The Kier molecular flexibility index (Phi) is 10.5. The van der Waals surface area contributed by atoms with E-state index in [4.69, 9.17) is 5.11 Å². The van der Waals surface area contributed by atoms with Crippen LogP contribution in [0.2, 0.25) is 0 Å². The number of hydrogen-bond donors (Lipinski definition) is 1. The van der Waals surface area contributed by atoms with Crippen molar-refractivity contribution in [1.29, 1.82) is 0 Å². The number of carbonyl (C=O) groups is 1. The molecule has 0 aliphatic rings. The van der Waals surface area contributed by atoms with Gasteiger partial charge in [0, 0.05) is 6.42 Å². The first-order chi connectivity index (χ1) is 3.27. The van der Waals surface area contributed by atoms with Gasteiger partial charge in [-0.05, 0) is 6.42 Å². The predicted octanol–water partition coefficient (Wildman–Crippen LogP) is -1.62. The van der Waals surface area contributed by atoms with Gasteiger partial charge in [-0.3, -0.25) is 4.79 Å². The summed E-state index contributed by atoms with van der Waals surface area (Å²) in [4.78, 5) is 9.76. The van der Waals surface area contributed by atoms with Crippen molar-refractivity contribution in [3.05, 3.63) is 0 Å². The van der Waals surface area contributed by atoms with E-state index in [0.717, 1.165) is 12.8 Å². The quantitative estimate of drug-likeness (QED) is 0.461. The van der Waals surface area contributed by atoms with E-state index >= 15 is 0 Å². The van der Waals surface area contributed by atoms with Gasteiger partial charge in [0.25, 0.3) is 0 Å². The standard InChI is InChI=1S/C5H10O2.Na.H/c1-2-3-4-5(6)7;;/h2-4H2,1H3,(H,6,7);;/q;+1;-1. The van der Waals surface area contributed by atoms with Gasteiger partial charge < -0.3 is 6.53 Å². The summed E-state index contributed by atoms with van der Waals surface area (Å²) in [6.45, 7) is 1.98. The molecule has 0 rings (SSSR count). The predicted molar refractivity (Wildman–Crippen MR) is 28.3 cm³/mol. The minimum Gasteiger partial charge on any atom is -1.00 e. The Morgan fingerprint density at radius 2 is 2.25 bits per heavy atom. The van der Waals surface area contributed by atoms with Crippen molar-refractivity contribution in [3.8, 4) is 0 Å². The largest absolute Gasteiger partial charge is 1.00 e. The second-order valence-corrected chi connectivity index (χ2v) is 1.50. The van der Waals surface area contributed by atoms with Crippen molar-refractivity contribution >= 4 is 5.97 Å². The third-order valence-corrected chi connectivity index (χ3v) is 0.744. The summed E-state index contributed by atoms with van der Waals surface area (Å²) in [5.74, 6) is -0.693. The molecular weight excluding hydrogens is 115 g/mol. The molecular formula is C5H11NaO2. The maximum atomic E-state index is 9.76. The molecule has 0 fully saturated rings. The van der Waals surface area contributed by atoms with Gasteiger partial charge in [-0.15, -0.1) is 0 Å². The van der Waals surface area contributed by atoms with E-state index < -0.39 is 5.97 Å². The molecule has 3 heteroatoms. The van der Waals surface area contributed by atoms with Crippen LogP contribution in [0.25, 0.3) is 0 Å². The average Bonchev–Trinajstić information content (AvgIpc) is 1.61. The minimum absolute atomic E-state index is 0. The molecule has 0 radical (unpaired) electrons. The second-order valence-electron chi connectivity index (χ2n) is 1.50. The number of carboxylic acids is 1. The smallest absolute Gasteiger partial charge is 1.00 e. The van der Waals surface area contributed by atoms with Gasteiger partial charge in [0.2, 0.25) is 0 Å². The summed E-state index contributed by atoms with van der Waals surface area (Å²) < 4.78 is 0. The van der Waals surface area contributed by atoms with E-state index in [1.54, 1.807) is 0 Å². The van der Waals surface area contributed by atoms with Gasteiger partial charge in [0.15, 0.2) is 0 Å². The molecule has 0 atom stereocenters. The van der Waals surface area contributed by atoms with E-state index in [1.807, 2.05) is 6.92 Å². The molecule has 0 unspecified atom stereocenters. The monoisotopic (exact) mass is 126 g/mol. The Bertz CT molecular complexity index is 68.0. The molecule has 44 valence electrons. The third kappa shape index (κ3) is 9.69. The summed E-state index contributed by atoms with van der Waals surface area (Å²) in [7, 11) is 0. The van der Waals surface area contributed by atoms with E-state index in [-0.39, 0.29) is 31.0 Å². The van der Waals surface area contributed by atoms with Gasteiger partial charge in [0.1, 0.15) is 0 Å². The van der Waals surface area contributed by atoms with Crippen LogP contribution in [0.5, 0.6) is 0 Å². The molecule has 0 aliphatic heterocycles. The van der Waals surface area contributed by atoms with Crippen molar-refractivity contribution in [3.63, 3.8) is 0 Å². The molecule has 0 saturated heterocycles. The summed E-state index contributed by atoms with van der Waals surface area (Å²) in [5, 5.41) is 8.04. The van der Waals surface area contributed by atoms with Crippen molar-refractivity contribution < 1.29 is 40.9 Å². The Hall–Kier alpha value is 0.470. The molecule has 0 aromatic heterocycles. The number of rotatable bonds is 3. The zero-order valence-corrected chi connectivity index (χ0v) is 7.48. The van der Waals surface area contributed by atoms with Crippen molar-refractivity contribution in [1.82, 2.24) is 0 Å². The summed E-state index contributed by atoms with van der Waals surface area (Å²) >= 11 is 0. The third-order valence-electron chi connectivity index (χ3n) is 0.744. The Labute approximate surface area is 73.1 Å². The van der Waals surface area contributed by atoms with Crippen LogP contribution in [0.15, 0.2) is 0 Å². The number of aliphatic carboxylic acids is 1. The van der Waals surface area contributed by atoms with Crippen molar-refractivity contribution in [2.45, 2.75) is 26.2 Å². The van der Waals surface area contributed by atoms with Crippen molar-refractivity contribution in [2.75, 3.05) is 0 Å². The van der Waals surface area contributed by atoms with E-state index in [1.165, 1.54) is 0 Å². The molecule has 0 heterocycles. The Balaban J connectivity index is -0.000000180. The fourth-order valence-corrected chi connectivity index (χ4v) is 0.328. The van der Waals surface area contributed by atoms with Gasteiger partial charge >= 0.3 is 35.5 Å². The molecule has 1 N–H and O–H groups in total. The maximum Gasteiger partial charge on any atom is 1.00 e. The number of carboxylic acid groups (broad SMARTS) is 1. The van der Waals surface area contributed by atoms with Crippen LogP contribution in [0.4, 0.5) is 0 Å². The zero-order valence-electron chi connectivity index (χ0n) is 6.48. The Morgan fingerprint density at radius 3 is 2.38 bits per heavy atom. The minimum atomic E-state index is -0.693. The molecule has 0 saturated carbocycles. The molecule has 0 aromatic carbocycles. The summed E-state index contributed by atoms with van der Waals surface area (Å²) in [6.07, 6.45) is 2.08. The molecule has 0 amide bonds. The molecule has 0 aliphatic carbocycles. The molecule has 0 aromatic rings. The SMILES string of the molecule is CCCCC(=O)O.[H-].[Na+]. The van der Waals surface area contributed by atoms with Gasteiger partial charge in [-0.2, -0.15) is 0 Å². The first kappa shape index (κ1) is 11.3. The zero-order chi connectivity index (χ0) is 5.70. The molecule has 2 nitrogen and oxygen atoms in total. The molecule has 0 bridgehead atoms. The van der Waals surface area contributed by atoms with Crippen LogP contribution >= 0.6 is 0 Å². The van der Waals surface area contributed by atoms with Crippen LogP contribution in [-0.4, -0.2) is 11.1 Å². The van der Waals surface area contributed by atoms with Crippen LogP contribution in [0, 0.1) is 0 Å². The van der Waals surface area contributed by atoms with Crippen LogP contribution in [0.3, 0.4) is 0 Å². The van der Waals surface area contributed by atoms with E-state index in [2.05, 4.69) is 0 Å². The maximum absolute atomic E-state index is 9.76. The van der Waals surface area contributed by atoms with Gasteiger partial charge in [-0.25, -0.2) is 0 Å². The van der Waals surface area contributed by atoms with Crippen molar-refractivity contribution in [2.24, 2.45) is 0 Å². The molecule has 8 heavy (non-hydrogen) atoms. The average molecular weight is 126 g/mol. The van der Waals surface area contributed by atoms with E-state index in [0.29, 0.717) is 6.42 Å². The fourth-order valence-electron chi connectivity index (χ4n) is 0.328. The first-order valence-electron chi connectivity index (χ1n) is 2.49. The second kappa shape index (κ2) is 7.47. The van der Waals surface area contributed by atoms with Crippen LogP contribution in [0.1, 0.15) is 27.6 Å². The Morgan fingerprint density at radius 1 is 1.75 bits per heavy atom. The summed E-state index contributed by atoms with van der Waals surface area (Å²) in [6, 6.07) is 0. The van der Waals surface area contributed by atoms with Crippen LogP contribution in [-0.2, 0) is 4.79 Å². The number of unbranched alkanes of at least 4 members (excludes halogenated alkanes) is 1. The van der Waals surface area contributed by atoms with Gasteiger partial charge in [-0.1, -0.05) is 13.3 Å². The van der Waals surface area contributed by atoms with Crippen LogP contribution < -0.4 is 29.6 Å². The molecule has 0 spiro atoms. The normalized spacial score (nSPS) is 7.62. The van der Waals surface area contributed by atoms with Gasteiger partial charge in [0.05, 0.1) is 0 Å². The first-order valence-corrected chi connectivity index (χ1v) is 2.49. The summed E-state index contributed by atoms with van der Waals surface area (Å²) in [5.41, 5.74) is 0. The topological polar surface area (TPSA) is 37.3 Å². The fraction of sp³-hybridized carbons (Fsp3) is 0.800. The van der Waals surface area contributed by atoms with E-state index in [9.17, 15) is 4.79 Å².